The minimum absolute atomic E-state index is 0. The molecule has 3 rings (SSSR count). The third-order valence-electron chi connectivity index (χ3n) is 4.72. The summed E-state index contributed by atoms with van der Waals surface area (Å²) in [6.45, 7) is 5.40. The van der Waals surface area contributed by atoms with Crippen LogP contribution in [-0.2, 0) is 6.42 Å². The van der Waals surface area contributed by atoms with Crippen LogP contribution in [0, 0.1) is 0 Å². The van der Waals surface area contributed by atoms with Crippen molar-refractivity contribution >= 4 is 47.4 Å². The van der Waals surface area contributed by atoms with Gasteiger partial charge in [0.25, 0.3) is 0 Å². The van der Waals surface area contributed by atoms with E-state index >= 15 is 0 Å². The van der Waals surface area contributed by atoms with Crippen molar-refractivity contribution in [1.82, 2.24) is 15.6 Å². The van der Waals surface area contributed by atoms with Gasteiger partial charge in [-0.2, -0.15) is 0 Å². The Morgan fingerprint density at radius 2 is 2.21 bits per heavy atom. The zero-order valence-electron chi connectivity index (χ0n) is 16.9. The summed E-state index contributed by atoms with van der Waals surface area (Å²) in [6, 6.07) is 12.2. The molecule has 29 heavy (non-hydrogen) atoms. The SMILES string of the molecule is CCNC(=NCCc1cccc(OC)c1)NC1CCN(c2ncccc2Cl)C1.I. The van der Waals surface area contributed by atoms with Gasteiger partial charge < -0.3 is 20.3 Å². The van der Waals surface area contributed by atoms with Gasteiger partial charge in [-0.15, -0.1) is 24.0 Å². The number of guanidine groups is 1. The minimum Gasteiger partial charge on any atom is -0.497 e. The number of nitrogens with zero attached hydrogens (tertiary/aromatic N) is 3. The van der Waals surface area contributed by atoms with Gasteiger partial charge in [-0.25, -0.2) is 4.98 Å². The lowest BCUT2D eigenvalue weighted by Gasteiger charge is -2.20. The molecule has 2 aromatic rings. The van der Waals surface area contributed by atoms with Crippen molar-refractivity contribution in [3.05, 3.63) is 53.2 Å². The van der Waals surface area contributed by atoms with E-state index in [0.29, 0.717) is 17.6 Å². The second kappa shape index (κ2) is 12.1. The van der Waals surface area contributed by atoms with Gasteiger partial charge in [0.1, 0.15) is 11.6 Å². The van der Waals surface area contributed by atoms with Crippen LogP contribution in [0.3, 0.4) is 0 Å². The predicted molar refractivity (Wildman–Crippen MR) is 131 cm³/mol. The van der Waals surface area contributed by atoms with Gasteiger partial charge in [-0.3, -0.25) is 4.99 Å². The molecule has 0 radical (unpaired) electrons. The highest BCUT2D eigenvalue weighted by molar-refractivity contribution is 14.0. The molecule has 1 unspecified atom stereocenters. The topological polar surface area (TPSA) is 61.8 Å². The summed E-state index contributed by atoms with van der Waals surface area (Å²) in [5.41, 5.74) is 1.22. The van der Waals surface area contributed by atoms with Crippen molar-refractivity contribution < 1.29 is 4.74 Å². The number of anilines is 1. The average molecular weight is 530 g/mol. The monoisotopic (exact) mass is 529 g/mol. The van der Waals surface area contributed by atoms with E-state index in [0.717, 1.165) is 50.0 Å². The lowest BCUT2D eigenvalue weighted by Crippen LogP contribution is -2.44. The van der Waals surface area contributed by atoms with Crippen LogP contribution in [0.4, 0.5) is 5.82 Å². The number of pyridine rings is 1. The van der Waals surface area contributed by atoms with E-state index in [9.17, 15) is 0 Å². The molecule has 1 aliphatic heterocycles. The summed E-state index contributed by atoms with van der Waals surface area (Å²) < 4.78 is 5.28. The van der Waals surface area contributed by atoms with E-state index in [1.807, 2.05) is 24.3 Å². The van der Waals surface area contributed by atoms with Crippen LogP contribution in [0.15, 0.2) is 47.6 Å². The number of nitrogens with one attached hydrogen (secondary N) is 2. The number of aliphatic imine (C=N–C) groups is 1. The van der Waals surface area contributed by atoms with Crippen LogP contribution in [-0.4, -0.2) is 50.3 Å². The molecule has 1 aromatic carbocycles. The van der Waals surface area contributed by atoms with Crippen LogP contribution >= 0.6 is 35.6 Å². The molecule has 1 atom stereocenters. The highest BCUT2D eigenvalue weighted by Crippen LogP contribution is 2.25. The van der Waals surface area contributed by atoms with Crippen LogP contribution in [0.5, 0.6) is 5.75 Å². The highest BCUT2D eigenvalue weighted by Gasteiger charge is 2.25. The van der Waals surface area contributed by atoms with Crippen LogP contribution in [0.2, 0.25) is 5.02 Å². The smallest absolute Gasteiger partial charge is 0.191 e. The van der Waals surface area contributed by atoms with E-state index in [1.165, 1.54) is 5.56 Å². The molecule has 8 heteroatoms. The summed E-state index contributed by atoms with van der Waals surface area (Å²) in [4.78, 5) is 11.4. The van der Waals surface area contributed by atoms with Crippen LogP contribution in [0.25, 0.3) is 0 Å². The molecule has 158 valence electrons. The Kier molecular flexibility index (Phi) is 9.80. The fraction of sp³-hybridized carbons (Fsp3) is 0.429. The van der Waals surface area contributed by atoms with E-state index in [1.54, 1.807) is 13.3 Å². The maximum atomic E-state index is 6.29. The molecule has 1 aromatic heterocycles. The molecular weight excluding hydrogens is 501 g/mol. The van der Waals surface area contributed by atoms with Crippen molar-refractivity contribution in [3.63, 3.8) is 0 Å². The van der Waals surface area contributed by atoms with Gasteiger partial charge in [0.2, 0.25) is 0 Å². The first kappa shape index (κ1) is 23.5. The Bertz CT molecular complexity index is 804. The quantitative estimate of drug-likeness (QED) is 0.325. The largest absolute Gasteiger partial charge is 0.497 e. The van der Waals surface area contributed by atoms with Gasteiger partial charge in [0.15, 0.2) is 5.96 Å². The summed E-state index contributed by atoms with van der Waals surface area (Å²) in [7, 11) is 1.69. The number of rotatable bonds is 7. The Morgan fingerprint density at radius 3 is 2.97 bits per heavy atom. The molecule has 2 N–H and O–H groups in total. The summed E-state index contributed by atoms with van der Waals surface area (Å²) in [5.74, 6) is 2.59. The summed E-state index contributed by atoms with van der Waals surface area (Å²) >= 11 is 6.29. The van der Waals surface area contributed by atoms with Crippen LogP contribution in [0.1, 0.15) is 18.9 Å². The number of aromatic nitrogens is 1. The zero-order valence-corrected chi connectivity index (χ0v) is 20.0. The highest BCUT2D eigenvalue weighted by atomic mass is 127. The molecule has 0 bridgehead atoms. The predicted octanol–water partition coefficient (Wildman–Crippen LogP) is 3.74. The molecule has 1 saturated heterocycles. The summed E-state index contributed by atoms with van der Waals surface area (Å²) in [5, 5.41) is 7.58. The van der Waals surface area contributed by atoms with E-state index in [4.69, 9.17) is 21.3 Å². The lowest BCUT2D eigenvalue weighted by molar-refractivity contribution is 0.414. The maximum Gasteiger partial charge on any atom is 0.191 e. The van der Waals surface area contributed by atoms with Crippen molar-refractivity contribution in [2.75, 3.05) is 38.2 Å². The zero-order chi connectivity index (χ0) is 19.8. The Labute approximate surface area is 195 Å². The molecular formula is C21H29ClIN5O. The Balaban J connectivity index is 0.00000300. The van der Waals surface area contributed by atoms with Gasteiger partial charge in [0.05, 0.1) is 12.1 Å². The number of methoxy groups -OCH3 is 1. The minimum atomic E-state index is 0. The number of halogens is 2. The molecule has 6 nitrogen and oxygen atoms in total. The average Bonchev–Trinajstić information content (AvgIpc) is 3.17. The Morgan fingerprint density at radius 1 is 1.34 bits per heavy atom. The molecule has 0 saturated carbocycles. The normalized spacial score (nSPS) is 16.3. The van der Waals surface area contributed by atoms with E-state index in [-0.39, 0.29) is 24.0 Å². The van der Waals surface area contributed by atoms with Gasteiger partial charge in [-0.05, 0) is 49.6 Å². The third-order valence-corrected chi connectivity index (χ3v) is 5.01. The standard InChI is InChI=1S/C21H28ClN5O.HI/c1-3-23-21(25-12-9-16-6-4-7-18(14-16)28-2)26-17-10-13-27(15-17)20-19(22)8-5-11-24-20;/h4-8,11,14,17H,3,9-10,12-13,15H2,1-2H3,(H2,23,25,26);1H. The molecule has 0 amide bonds. The first-order chi connectivity index (χ1) is 13.7. The van der Waals surface area contributed by atoms with Crippen LogP contribution < -0.4 is 20.3 Å². The number of benzene rings is 1. The first-order valence-corrected chi connectivity index (χ1v) is 10.1. The van der Waals surface area contributed by atoms with Gasteiger partial charge >= 0.3 is 0 Å². The fourth-order valence-electron chi connectivity index (χ4n) is 3.32. The molecule has 2 heterocycles. The second-order valence-corrected chi connectivity index (χ2v) is 7.15. The molecule has 1 aliphatic rings. The van der Waals surface area contributed by atoms with Crippen molar-refractivity contribution in [1.29, 1.82) is 0 Å². The number of hydrogen-bond acceptors (Lipinski definition) is 4. The van der Waals surface area contributed by atoms with Gasteiger partial charge in [-0.1, -0.05) is 23.7 Å². The maximum absolute atomic E-state index is 6.29. The van der Waals surface area contributed by atoms with Crippen molar-refractivity contribution in [2.45, 2.75) is 25.8 Å². The summed E-state index contributed by atoms with van der Waals surface area (Å²) in [6.07, 6.45) is 3.67. The van der Waals surface area contributed by atoms with Crippen molar-refractivity contribution in [3.8, 4) is 5.75 Å². The lowest BCUT2D eigenvalue weighted by atomic mass is 10.1. The fourth-order valence-corrected chi connectivity index (χ4v) is 3.56. The van der Waals surface area contributed by atoms with E-state index in [2.05, 4.69) is 39.6 Å². The number of hydrogen-bond donors (Lipinski definition) is 2. The third kappa shape index (κ3) is 6.92. The Hall–Kier alpha value is -1.74. The molecule has 1 fully saturated rings. The molecule has 0 aliphatic carbocycles. The van der Waals surface area contributed by atoms with E-state index < -0.39 is 0 Å². The van der Waals surface area contributed by atoms with Crippen molar-refractivity contribution in [2.24, 2.45) is 4.99 Å². The first-order valence-electron chi connectivity index (χ1n) is 9.73. The second-order valence-electron chi connectivity index (χ2n) is 6.75. The van der Waals surface area contributed by atoms with Gasteiger partial charge in [0, 0.05) is 38.4 Å². The molecule has 0 spiro atoms. The number of ether oxygens (including phenoxy) is 1.